The first kappa shape index (κ1) is 23.8. The number of nitrogen functional groups attached to an aromatic ring is 1. The Bertz CT molecular complexity index is 1130. The molecule has 1 saturated heterocycles. The SMILES string of the molecule is CCN(C=O)OC[C@H]1O[C@@H](n2cnc3c(N)nc(OCCc4ccc(F)cc4)nc32)C(O)C1O. The van der Waals surface area contributed by atoms with Gasteiger partial charge in [0.25, 0.3) is 0 Å². The molecule has 0 radical (unpaired) electrons. The van der Waals surface area contributed by atoms with E-state index in [2.05, 4.69) is 15.0 Å². The molecule has 4 N–H and O–H groups in total. The number of aliphatic hydroxyl groups is 2. The number of hydroxylamine groups is 2. The Labute approximate surface area is 193 Å². The molecule has 1 amide bonds. The Hall–Kier alpha value is -3.39. The van der Waals surface area contributed by atoms with Crippen molar-refractivity contribution in [1.29, 1.82) is 0 Å². The summed E-state index contributed by atoms with van der Waals surface area (Å²) in [5, 5.41) is 22.0. The molecule has 34 heavy (non-hydrogen) atoms. The summed E-state index contributed by atoms with van der Waals surface area (Å²) in [6, 6.07) is 6.04. The molecule has 3 heterocycles. The number of benzene rings is 1. The lowest BCUT2D eigenvalue weighted by Crippen LogP contribution is -2.36. The quantitative estimate of drug-likeness (QED) is 0.273. The summed E-state index contributed by atoms with van der Waals surface area (Å²) < 4.78 is 25.9. The Morgan fingerprint density at radius 2 is 2.03 bits per heavy atom. The van der Waals surface area contributed by atoms with Crippen LogP contribution in [0.15, 0.2) is 30.6 Å². The number of amides is 1. The number of aromatic nitrogens is 4. The number of hydrogen-bond acceptors (Lipinski definition) is 10. The van der Waals surface area contributed by atoms with Crippen molar-refractivity contribution in [1.82, 2.24) is 24.6 Å². The summed E-state index contributed by atoms with van der Waals surface area (Å²) in [6.45, 7) is 2.10. The van der Waals surface area contributed by atoms with Crippen molar-refractivity contribution in [2.24, 2.45) is 0 Å². The lowest BCUT2D eigenvalue weighted by Gasteiger charge is -2.19. The van der Waals surface area contributed by atoms with Gasteiger partial charge in [0, 0.05) is 13.0 Å². The topological polar surface area (TPSA) is 158 Å². The van der Waals surface area contributed by atoms with Gasteiger partial charge in [0.15, 0.2) is 23.2 Å². The summed E-state index contributed by atoms with van der Waals surface area (Å²) in [7, 11) is 0. The van der Waals surface area contributed by atoms with Crippen LogP contribution in [0.25, 0.3) is 11.2 Å². The van der Waals surface area contributed by atoms with Crippen LogP contribution in [-0.4, -0.2) is 79.3 Å². The summed E-state index contributed by atoms with van der Waals surface area (Å²) in [5.74, 6) is -0.251. The van der Waals surface area contributed by atoms with E-state index in [1.165, 1.54) is 23.0 Å². The number of carbonyl (C=O) groups is 1. The van der Waals surface area contributed by atoms with E-state index >= 15 is 0 Å². The maximum Gasteiger partial charge on any atom is 0.320 e. The molecule has 2 unspecified atom stereocenters. The van der Waals surface area contributed by atoms with Gasteiger partial charge in [-0.3, -0.25) is 14.2 Å². The number of nitrogens with two attached hydrogens (primary N) is 1. The molecule has 0 saturated carbocycles. The molecule has 4 atom stereocenters. The van der Waals surface area contributed by atoms with Gasteiger partial charge in [-0.15, -0.1) is 0 Å². The number of carbonyl (C=O) groups excluding carboxylic acids is 1. The third-order valence-corrected chi connectivity index (χ3v) is 5.41. The number of ether oxygens (including phenoxy) is 2. The van der Waals surface area contributed by atoms with Gasteiger partial charge in [-0.1, -0.05) is 12.1 Å². The molecule has 13 heteroatoms. The predicted molar refractivity (Wildman–Crippen MR) is 116 cm³/mol. The highest BCUT2D eigenvalue weighted by Crippen LogP contribution is 2.32. The molecular formula is C21H25FN6O6. The second-order valence-corrected chi connectivity index (χ2v) is 7.62. The van der Waals surface area contributed by atoms with Gasteiger partial charge >= 0.3 is 6.01 Å². The normalized spacial score (nSPS) is 22.2. The third-order valence-electron chi connectivity index (χ3n) is 5.41. The average Bonchev–Trinajstić information content (AvgIpc) is 3.37. The van der Waals surface area contributed by atoms with Crippen LogP contribution >= 0.6 is 0 Å². The van der Waals surface area contributed by atoms with Crippen molar-refractivity contribution in [2.75, 3.05) is 25.5 Å². The van der Waals surface area contributed by atoms with Crippen LogP contribution in [0.1, 0.15) is 18.7 Å². The molecule has 1 fully saturated rings. The summed E-state index contributed by atoms with van der Waals surface area (Å²) >= 11 is 0. The maximum absolute atomic E-state index is 13.0. The Morgan fingerprint density at radius 3 is 2.74 bits per heavy atom. The van der Waals surface area contributed by atoms with E-state index in [4.69, 9.17) is 20.0 Å². The largest absolute Gasteiger partial charge is 0.463 e. The average molecular weight is 476 g/mol. The molecule has 2 aromatic heterocycles. The number of hydrogen-bond donors (Lipinski definition) is 3. The highest BCUT2D eigenvalue weighted by atomic mass is 19.1. The van der Waals surface area contributed by atoms with Crippen molar-refractivity contribution >= 4 is 23.4 Å². The first-order chi connectivity index (χ1) is 16.4. The molecule has 4 rings (SSSR count). The molecule has 3 aromatic rings. The Balaban J connectivity index is 1.48. The van der Waals surface area contributed by atoms with Crippen molar-refractivity contribution < 1.29 is 33.7 Å². The van der Waals surface area contributed by atoms with E-state index in [0.717, 1.165) is 10.6 Å². The summed E-state index contributed by atoms with van der Waals surface area (Å²) in [6.07, 6.45) is -2.18. The zero-order valence-corrected chi connectivity index (χ0v) is 18.3. The monoisotopic (exact) mass is 476 g/mol. The number of rotatable bonds is 10. The lowest BCUT2D eigenvalue weighted by atomic mass is 10.1. The third kappa shape index (κ3) is 4.92. The van der Waals surface area contributed by atoms with Gasteiger partial charge in [0.05, 0.1) is 12.9 Å². The fraction of sp³-hybridized carbons (Fsp3) is 0.429. The number of imidazole rings is 1. The highest BCUT2D eigenvalue weighted by Gasteiger charge is 2.44. The van der Waals surface area contributed by atoms with Crippen molar-refractivity contribution in [2.45, 2.75) is 37.9 Å². The first-order valence-corrected chi connectivity index (χ1v) is 10.6. The lowest BCUT2D eigenvalue weighted by molar-refractivity contribution is -0.189. The first-order valence-electron chi connectivity index (χ1n) is 10.6. The molecule has 1 aromatic carbocycles. The van der Waals surface area contributed by atoms with E-state index in [1.54, 1.807) is 19.1 Å². The zero-order chi connectivity index (χ0) is 24.2. The number of halogens is 1. The van der Waals surface area contributed by atoms with Crippen molar-refractivity contribution in [3.63, 3.8) is 0 Å². The minimum absolute atomic E-state index is 0.00801. The number of fused-ring (bicyclic) bond motifs is 1. The van der Waals surface area contributed by atoms with Crippen molar-refractivity contribution in [3.05, 3.63) is 42.0 Å². The van der Waals surface area contributed by atoms with Crippen LogP contribution < -0.4 is 10.5 Å². The van der Waals surface area contributed by atoms with Gasteiger partial charge in [0.1, 0.15) is 30.7 Å². The summed E-state index contributed by atoms with van der Waals surface area (Å²) in [5.41, 5.74) is 7.40. The van der Waals surface area contributed by atoms with E-state index in [9.17, 15) is 19.4 Å². The Morgan fingerprint density at radius 1 is 1.26 bits per heavy atom. The Kier molecular flexibility index (Phi) is 7.17. The van der Waals surface area contributed by atoms with E-state index in [1.807, 2.05) is 0 Å². The molecule has 12 nitrogen and oxygen atoms in total. The molecule has 0 aliphatic carbocycles. The summed E-state index contributed by atoms with van der Waals surface area (Å²) in [4.78, 5) is 28.8. The van der Waals surface area contributed by atoms with Gasteiger partial charge in [-0.25, -0.2) is 14.4 Å². The molecule has 182 valence electrons. The highest BCUT2D eigenvalue weighted by molar-refractivity contribution is 5.82. The van der Waals surface area contributed by atoms with Gasteiger partial charge in [-0.05, 0) is 24.6 Å². The van der Waals surface area contributed by atoms with Crippen LogP contribution in [0.2, 0.25) is 0 Å². The fourth-order valence-corrected chi connectivity index (χ4v) is 3.54. The number of anilines is 1. The predicted octanol–water partition coefficient (Wildman–Crippen LogP) is 0.198. The maximum atomic E-state index is 13.0. The van der Waals surface area contributed by atoms with Crippen LogP contribution in [-0.2, 0) is 20.8 Å². The van der Waals surface area contributed by atoms with E-state index < -0.39 is 24.5 Å². The molecule has 0 bridgehead atoms. The van der Waals surface area contributed by atoms with E-state index in [0.29, 0.717) is 19.4 Å². The van der Waals surface area contributed by atoms with Crippen molar-refractivity contribution in [3.8, 4) is 6.01 Å². The smallest absolute Gasteiger partial charge is 0.320 e. The van der Waals surface area contributed by atoms with E-state index in [-0.39, 0.29) is 42.0 Å². The second kappa shape index (κ2) is 10.3. The van der Waals surface area contributed by atoms with Crippen LogP contribution in [0.5, 0.6) is 6.01 Å². The minimum Gasteiger partial charge on any atom is -0.463 e. The molecule has 1 aliphatic rings. The second-order valence-electron chi connectivity index (χ2n) is 7.62. The van der Waals surface area contributed by atoms with Gasteiger partial charge in [-0.2, -0.15) is 9.97 Å². The molecular weight excluding hydrogens is 451 g/mol. The fourth-order valence-electron chi connectivity index (χ4n) is 3.54. The number of nitrogens with zero attached hydrogens (tertiary/aromatic N) is 5. The minimum atomic E-state index is -1.32. The number of aliphatic hydroxyl groups excluding tert-OH is 2. The van der Waals surface area contributed by atoms with Gasteiger partial charge < -0.3 is 25.4 Å². The van der Waals surface area contributed by atoms with Crippen LogP contribution in [0.4, 0.5) is 10.2 Å². The van der Waals surface area contributed by atoms with Crippen LogP contribution in [0.3, 0.4) is 0 Å². The standard InChI is InChI=1S/C21H25FN6O6/c1-2-27(11-29)33-9-14-16(30)17(31)20(34-14)28-10-24-15-18(23)25-21(26-19(15)28)32-8-7-12-3-5-13(22)6-4-12/h3-6,10-11,14,16-17,20,30-31H,2,7-9H2,1H3,(H2,23,25,26)/t14-,16?,17?,20-/m1/s1. The molecule has 0 spiro atoms. The zero-order valence-electron chi connectivity index (χ0n) is 18.3. The van der Waals surface area contributed by atoms with Gasteiger partial charge in [0.2, 0.25) is 6.41 Å². The van der Waals surface area contributed by atoms with Crippen LogP contribution in [0, 0.1) is 5.82 Å². The molecule has 1 aliphatic heterocycles.